The van der Waals surface area contributed by atoms with E-state index in [0.29, 0.717) is 6.54 Å². The molecule has 0 saturated carbocycles. The van der Waals surface area contributed by atoms with E-state index in [1.807, 2.05) is 35.9 Å². The molecule has 22 heavy (non-hydrogen) atoms. The lowest BCUT2D eigenvalue weighted by molar-refractivity contribution is -0.141. The summed E-state index contributed by atoms with van der Waals surface area (Å²) in [7, 11) is 1.57. The predicted octanol–water partition coefficient (Wildman–Crippen LogP) is 1.50. The third kappa shape index (κ3) is 3.75. The Labute approximate surface area is 128 Å². The second-order valence-corrected chi connectivity index (χ2v) is 5.48. The number of rotatable bonds is 5. The van der Waals surface area contributed by atoms with E-state index in [9.17, 15) is 9.59 Å². The van der Waals surface area contributed by atoms with Crippen LogP contribution in [0.25, 0.3) is 5.65 Å². The first-order valence-electron chi connectivity index (χ1n) is 7.03. The zero-order chi connectivity index (χ0) is 16.3. The molecule has 0 aliphatic rings. The number of carbonyl (C=O) groups excluding carboxylic acids is 1. The van der Waals surface area contributed by atoms with Crippen LogP contribution in [0.1, 0.15) is 18.2 Å². The number of nitrogens with one attached hydrogen (secondary N) is 1. The first kappa shape index (κ1) is 15.8. The van der Waals surface area contributed by atoms with Crippen LogP contribution < -0.4 is 5.32 Å². The van der Waals surface area contributed by atoms with Gasteiger partial charge in [0.2, 0.25) is 0 Å². The van der Waals surface area contributed by atoms with Gasteiger partial charge < -0.3 is 19.7 Å². The Bertz CT molecular complexity index is 695. The lowest BCUT2D eigenvalue weighted by Crippen LogP contribution is -2.40. The van der Waals surface area contributed by atoms with E-state index < -0.39 is 11.9 Å². The number of imidazole rings is 1. The molecule has 0 bridgehead atoms. The topological polar surface area (TPSA) is 86.9 Å². The standard InChI is InChI=1S/C15H20N4O3/c1-10-4-5-19-9-12(17-13(19)6-10)7-16-15(22)18(3)8-11(2)14(20)21/h4-6,9,11H,7-8H2,1-3H3,(H,16,22)(H,20,21). The average Bonchev–Trinajstić information content (AvgIpc) is 2.86. The zero-order valence-corrected chi connectivity index (χ0v) is 12.9. The molecule has 7 nitrogen and oxygen atoms in total. The molecule has 2 amide bonds. The molecule has 1 atom stereocenters. The van der Waals surface area contributed by atoms with Crippen molar-refractivity contribution in [3.05, 3.63) is 35.8 Å². The predicted molar refractivity (Wildman–Crippen MR) is 81.6 cm³/mol. The fourth-order valence-corrected chi connectivity index (χ4v) is 2.09. The summed E-state index contributed by atoms with van der Waals surface area (Å²) in [4.78, 5) is 28.5. The van der Waals surface area contributed by atoms with Crippen LogP contribution in [0.2, 0.25) is 0 Å². The van der Waals surface area contributed by atoms with Crippen LogP contribution in [-0.2, 0) is 11.3 Å². The number of aliphatic carboxylic acids is 1. The van der Waals surface area contributed by atoms with E-state index in [0.717, 1.165) is 16.9 Å². The first-order valence-corrected chi connectivity index (χ1v) is 7.03. The van der Waals surface area contributed by atoms with Gasteiger partial charge in [0.05, 0.1) is 18.2 Å². The third-order valence-corrected chi connectivity index (χ3v) is 3.40. The fourth-order valence-electron chi connectivity index (χ4n) is 2.09. The van der Waals surface area contributed by atoms with Crippen molar-refractivity contribution in [2.24, 2.45) is 5.92 Å². The Balaban J connectivity index is 1.93. The van der Waals surface area contributed by atoms with E-state index in [1.165, 1.54) is 4.90 Å². The minimum absolute atomic E-state index is 0.158. The first-order chi connectivity index (χ1) is 10.4. The normalized spacial score (nSPS) is 12.1. The monoisotopic (exact) mass is 304 g/mol. The molecule has 0 radical (unpaired) electrons. The van der Waals surface area contributed by atoms with Crippen LogP contribution in [-0.4, -0.2) is 45.0 Å². The molecule has 1 unspecified atom stereocenters. The summed E-state index contributed by atoms with van der Waals surface area (Å²) < 4.78 is 1.89. The summed E-state index contributed by atoms with van der Waals surface area (Å²) in [5.74, 6) is -1.52. The van der Waals surface area contributed by atoms with Gasteiger partial charge in [0, 0.05) is 26.0 Å². The van der Waals surface area contributed by atoms with Gasteiger partial charge in [-0.25, -0.2) is 9.78 Å². The lowest BCUT2D eigenvalue weighted by atomic mass is 10.2. The summed E-state index contributed by atoms with van der Waals surface area (Å²) in [6.45, 7) is 4.02. The van der Waals surface area contributed by atoms with Gasteiger partial charge in [-0.2, -0.15) is 0 Å². The van der Waals surface area contributed by atoms with E-state index in [2.05, 4.69) is 10.3 Å². The molecule has 7 heteroatoms. The van der Waals surface area contributed by atoms with Crippen LogP contribution in [0.5, 0.6) is 0 Å². The summed E-state index contributed by atoms with van der Waals surface area (Å²) in [5.41, 5.74) is 2.70. The van der Waals surface area contributed by atoms with Gasteiger partial charge in [-0.1, -0.05) is 6.92 Å². The van der Waals surface area contributed by atoms with E-state index in [4.69, 9.17) is 5.11 Å². The van der Waals surface area contributed by atoms with Crippen LogP contribution >= 0.6 is 0 Å². The molecule has 0 aliphatic carbocycles. The Hall–Kier alpha value is -2.57. The second kappa shape index (κ2) is 6.46. The second-order valence-electron chi connectivity index (χ2n) is 5.48. The van der Waals surface area contributed by atoms with Gasteiger partial charge in [0.15, 0.2) is 0 Å². The number of carbonyl (C=O) groups is 2. The van der Waals surface area contributed by atoms with E-state index in [1.54, 1.807) is 14.0 Å². The van der Waals surface area contributed by atoms with Crippen molar-refractivity contribution in [2.45, 2.75) is 20.4 Å². The molecule has 2 aromatic heterocycles. The van der Waals surface area contributed by atoms with Gasteiger partial charge in [-0.15, -0.1) is 0 Å². The summed E-state index contributed by atoms with van der Waals surface area (Å²) >= 11 is 0. The Morgan fingerprint density at radius 1 is 1.50 bits per heavy atom. The van der Waals surface area contributed by atoms with Crippen LogP contribution in [0, 0.1) is 12.8 Å². The van der Waals surface area contributed by atoms with Gasteiger partial charge in [0.1, 0.15) is 5.65 Å². The smallest absolute Gasteiger partial charge is 0.317 e. The molecule has 0 spiro atoms. The Morgan fingerprint density at radius 2 is 2.23 bits per heavy atom. The number of aromatic nitrogens is 2. The maximum absolute atomic E-state index is 11.9. The maximum atomic E-state index is 11.9. The van der Waals surface area contributed by atoms with Crippen molar-refractivity contribution in [1.29, 1.82) is 0 Å². The van der Waals surface area contributed by atoms with Gasteiger partial charge in [-0.3, -0.25) is 4.79 Å². The molecular formula is C15H20N4O3. The maximum Gasteiger partial charge on any atom is 0.317 e. The van der Waals surface area contributed by atoms with Crippen LogP contribution in [0.15, 0.2) is 24.5 Å². The summed E-state index contributed by atoms with van der Waals surface area (Å²) in [6.07, 6.45) is 3.78. The van der Waals surface area contributed by atoms with Crippen molar-refractivity contribution < 1.29 is 14.7 Å². The highest BCUT2D eigenvalue weighted by molar-refractivity contribution is 5.75. The number of carboxylic acid groups (broad SMARTS) is 1. The van der Waals surface area contributed by atoms with Crippen molar-refractivity contribution in [3.63, 3.8) is 0 Å². The number of amides is 2. The fraction of sp³-hybridized carbons (Fsp3) is 0.400. The molecule has 0 aliphatic heterocycles. The summed E-state index contributed by atoms with van der Waals surface area (Å²) in [6, 6.07) is 3.63. The SMILES string of the molecule is Cc1ccn2cc(CNC(=O)N(C)CC(C)C(=O)O)nc2c1. The molecule has 0 aromatic carbocycles. The third-order valence-electron chi connectivity index (χ3n) is 3.40. The van der Waals surface area contributed by atoms with Gasteiger partial charge >= 0.3 is 12.0 Å². The molecule has 2 rings (SSSR count). The van der Waals surface area contributed by atoms with Crippen molar-refractivity contribution >= 4 is 17.6 Å². The number of aryl methyl sites for hydroxylation is 1. The molecule has 2 aromatic rings. The van der Waals surface area contributed by atoms with E-state index >= 15 is 0 Å². The lowest BCUT2D eigenvalue weighted by Gasteiger charge is -2.19. The van der Waals surface area contributed by atoms with Gasteiger partial charge in [-0.05, 0) is 24.6 Å². The zero-order valence-electron chi connectivity index (χ0n) is 12.9. The quantitative estimate of drug-likeness (QED) is 0.876. The number of hydrogen-bond donors (Lipinski definition) is 2. The molecule has 118 valence electrons. The van der Waals surface area contributed by atoms with Crippen LogP contribution in [0.3, 0.4) is 0 Å². The van der Waals surface area contributed by atoms with Crippen molar-refractivity contribution in [1.82, 2.24) is 19.6 Å². The molecule has 0 fully saturated rings. The number of carboxylic acids is 1. The Kier molecular flexibility index (Phi) is 4.65. The minimum Gasteiger partial charge on any atom is -0.481 e. The van der Waals surface area contributed by atoms with Crippen molar-refractivity contribution in [3.8, 4) is 0 Å². The van der Waals surface area contributed by atoms with Crippen molar-refractivity contribution in [2.75, 3.05) is 13.6 Å². The number of nitrogens with zero attached hydrogens (tertiary/aromatic N) is 3. The number of pyridine rings is 1. The molecular weight excluding hydrogens is 284 g/mol. The average molecular weight is 304 g/mol. The van der Waals surface area contributed by atoms with E-state index in [-0.39, 0.29) is 12.6 Å². The highest BCUT2D eigenvalue weighted by Gasteiger charge is 2.17. The largest absolute Gasteiger partial charge is 0.481 e. The molecule has 2 N–H and O–H groups in total. The number of urea groups is 1. The van der Waals surface area contributed by atoms with Crippen LogP contribution in [0.4, 0.5) is 4.79 Å². The molecule has 0 saturated heterocycles. The number of fused-ring (bicyclic) bond motifs is 1. The summed E-state index contributed by atoms with van der Waals surface area (Å²) in [5, 5.41) is 11.6. The number of hydrogen-bond acceptors (Lipinski definition) is 3. The minimum atomic E-state index is -0.921. The molecule has 2 heterocycles. The Morgan fingerprint density at radius 3 is 2.91 bits per heavy atom. The van der Waals surface area contributed by atoms with Gasteiger partial charge in [0.25, 0.3) is 0 Å². The highest BCUT2D eigenvalue weighted by Crippen LogP contribution is 2.07. The highest BCUT2D eigenvalue weighted by atomic mass is 16.4.